The van der Waals surface area contributed by atoms with E-state index >= 15 is 0 Å². The maximum Gasteiger partial charge on any atom is 0.352 e. The fraction of sp³-hybridized carbons (Fsp3) is 0.333. The molecule has 0 aromatic heterocycles. The summed E-state index contributed by atoms with van der Waals surface area (Å²) in [6, 6.07) is 16.0. The van der Waals surface area contributed by atoms with Crippen molar-refractivity contribution >= 4 is 11.9 Å². The molecule has 0 saturated heterocycles. The Balaban J connectivity index is 2.10. The van der Waals surface area contributed by atoms with Crippen LogP contribution in [0.2, 0.25) is 0 Å². The molecule has 0 N–H and O–H groups in total. The molecule has 0 bridgehead atoms. The van der Waals surface area contributed by atoms with Crippen molar-refractivity contribution in [1.82, 2.24) is 0 Å². The summed E-state index contributed by atoms with van der Waals surface area (Å²) in [5.41, 5.74) is 2.06. The van der Waals surface area contributed by atoms with Gasteiger partial charge in [0.2, 0.25) is 6.10 Å². The minimum Gasteiger partial charge on any atom is -0.463 e. The third kappa shape index (κ3) is 5.75. The van der Waals surface area contributed by atoms with E-state index in [2.05, 4.69) is 6.92 Å². The number of aryl methyl sites for hydroxylation is 1. The Bertz CT molecular complexity index is 677. The molecule has 2 aromatic rings. The molecule has 0 fully saturated rings. The van der Waals surface area contributed by atoms with E-state index in [4.69, 9.17) is 9.47 Å². The number of unbranched alkanes of at least 4 members (excludes halogenated alkanes) is 2. The molecule has 25 heavy (non-hydrogen) atoms. The van der Waals surface area contributed by atoms with Gasteiger partial charge in [0, 0.05) is 5.56 Å². The summed E-state index contributed by atoms with van der Waals surface area (Å²) in [6.45, 7) is 4.35. The zero-order chi connectivity index (χ0) is 18.1. The summed E-state index contributed by atoms with van der Waals surface area (Å²) >= 11 is 0. The van der Waals surface area contributed by atoms with Crippen LogP contribution in [0.1, 0.15) is 53.8 Å². The number of rotatable bonds is 8. The van der Waals surface area contributed by atoms with Gasteiger partial charge < -0.3 is 9.47 Å². The summed E-state index contributed by atoms with van der Waals surface area (Å²) in [5.74, 6) is -1.08. The fourth-order valence-corrected chi connectivity index (χ4v) is 2.35. The average Bonchev–Trinajstić information content (AvgIpc) is 2.64. The molecular weight excluding hydrogens is 316 g/mol. The molecule has 0 spiro atoms. The highest BCUT2D eigenvalue weighted by atomic mass is 16.6. The molecule has 4 nitrogen and oxygen atoms in total. The molecular formula is C21H24O4. The van der Waals surface area contributed by atoms with Crippen LogP contribution >= 0.6 is 0 Å². The van der Waals surface area contributed by atoms with Crippen LogP contribution in [0.4, 0.5) is 0 Å². The van der Waals surface area contributed by atoms with Crippen LogP contribution in [0.5, 0.6) is 0 Å². The monoisotopic (exact) mass is 340 g/mol. The largest absolute Gasteiger partial charge is 0.463 e. The van der Waals surface area contributed by atoms with Gasteiger partial charge in [0.1, 0.15) is 0 Å². The quantitative estimate of drug-likeness (QED) is 0.519. The van der Waals surface area contributed by atoms with E-state index in [1.165, 1.54) is 0 Å². The van der Waals surface area contributed by atoms with Crippen molar-refractivity contribution < 1.29 is 19.1 Å². The van der Waals surface area contributed by atoms with Gasteiger partial charge in [-0.05, 0) is 25.5 Å². The van der Waals surface area contributed by atoms with Gasteiger partial charge in [-0.15, -0.1) is 0 Å². The zero-order valence-electron chi connectivity index (χ0n) is 14.7. The third-order valence-electron chi connectivity index (χ3n) is 3.82. The lowest BCUT2D eigenvalue weighted by Gasteiger charge is -2.17. The lowest BCUT2D eigenvalue weighted by atomic mass is 10.1. The second-order valence-electron chi connectivity index (χ2n) is 5.94. The van der Waals surface area contributed by atoms with E-state index in [0.29, 0.717) is 17.7 Å². The van der Waals surface area contributed by atoms with Gasteiger partial charge in [0.25, 0.3) is 0 Å². The van der Waals surface area contributed by atoms with Crippen LogP contribution in [-0.4, -0.2) is 18.5 Å². The highest BCUT2D eigenvalue weighted by molar-refractivity contribution is 5.91. The number of carbonyl (C=O) groups is 2. The molecule has 0 aliphatic carbocycles. The van der Waals surface area contributed by atoms with Gasteiger partial charge in [-0.2, -0.15) is 0 Å². The highest BCUT2D eigenvalue weighted by Crippen LogP contribution is 2.21. The lowest BCUT2D eigenvalue weighted by Crippen LogP contribution is -2.22. The van der Waals surface area contributed by atoms with E-state index in [9.17, 15) is 9.59 Å². The van der Waals surface area contributed by atoms with Crippen LogP contribution in [0.25, 0.3) is 0 Å². The van der Waals surface area contributed by atoms with Crippen molar-refractivity contribution in [2.75, 3.05) is 6.61 Å². The Morgan fingerprint density at radius 2 is 1.64 bits per heavy atom. The van der Waals surface area contributed by atoms with Gasteiger partial charge in [0.05, 0.1) is 12.2 Å². The van der Waals surface area contributed by atoms with E-state index in [1.54, 1.807) is 36.4 Å². The standard InChI is InChI=1S/C21H24O4/c1-3-4-8-15-24-21(23)19(17-9-6-5-7-10-17)25-20(22)18-13-11-16(2)12-14-18/h5-7,9-14,19H,3-4,8,15H2,1-2H3. The van der Waals surface area contributed by atoms with Crippen LogP contribution in [0.3, 0.4) is 0 Å². The predicted octanol–water partition coefficient (Wildman–Crippen LogP) is 4.63. The van der Waals surface area contributed by atoms with Crippen molar-refractivity contribution in [3.8, 4) is 0 Å². The molecule has 4 heteroatoms. The number of benzene rings is 2. The maximum atomic E-state index is 12.4. The molecule has 2 aromatic carbocycles. The topological polar surface area (TPSA) is 52.6 Å². The van der Waals surface area contributed by atoms with E-state index in [1.807, 2.05) is 25.1 Å². The zero-order valence-corrected chi connectivity index (χ0v) is 14.7. The molecule has 0 amide bonds. The summed E-state index contributed by atoms with van der Waals surface area (Å²) < 4.78 is 10.8. The number of esters is 2. The van der Waals surface area contributed by atoms with E-state index < -0.39 is 18.0 Å². The van der Waals surface area contributed by atoms with Crippen LogP contribution in [0, 0.1) is 6.92 Å². The third-order valence-corrected chi connectivity index (χ3v) is 3.82. The molecule has 0 aliphatic rings. The normalized spacial score (nSPS) is 11.6. The molecule has 1 atom stereocenters. The molecule has 2 rings (SSSR count). The lowest BCUT2D eigenvalue weighted by molar-refractivity contribution is -0.154. The summed E-state index contributed by atoms with van der Waals surface area (Å²) in [5, 5.41) is 0. The number of hydrogen-bond donors (Lipinski definition) is 0. The Hall–Kier alpha value is -2.62. The smallest absolute Gasteiger partial charge is 0.352 e. The number of carbonyl (C=O) groups excluding carboxylic acids is 2. The second kappa shape index (κ2) is 9.62. The van der Waals surface area contributed by atoms with Gasteiger partial charge in [-0.1, -0.05) is 67.8 Å². The van der Waals surface area contributed by atoms with E-state index in [0.717, 1.165) is 24.8 Å². The minimum absolute atomic E-state index is 0.331. The second-order valence-corrected chi connectivity index (χ2v) is 5.94. The van der Waals surface area contributed by atoms with Gasteiger partial charge in [-0.25, -0.2) is 9.59 Å². The first-order valence-corrected chi connectivity index (χ1v) is 8.61. The summed E-state index contributed by atoms with van der Waals surface area (Å²) in [4.78, 5) is 24.8. The summed E-state index contributed by atoms with van der Waals surface area (Å²) in [7, 11) is 0. The predicted molar refractivity (Wildman–Crippen MR) is 96.3 cm³/mol. The average molecular weight is 340 g/mol. The first-order chi connectivity index (χ1) is 12.1. The van der Waals surface area contributed by atoms with Crippen LogP contribution in [0.15, 0.2) is 54.6 Å². The van der Waals surface area contributed by atoms with Crippen molar-refractivity contribution in [2.24, 2.45) is 0 Å². The van der Waals surface area contributed by atoms with Crippen molar-refractivity contribution in [3.63, 3.8) is 0 Å². The molecule has 132 valence electrons. The number of hydrogen-bond acceptors (Lipinski definition) is 4. The first-order valence-electron chi connectivity index (χ1n) is 8.61. The van der Waals surface area contributed by atoms with Crippen molar-refractivity contribution in [2.45, 2.75) is 39.2 Å². The maximum absolute atomic E-state index is 12.4. The van der Waals surface area contributed by atoms with Gasteiger partial charge in [-0.3, -0.25) is 0 Å². The fourth-order valence-electron chi connectivity index (χ4n) is 2.35. The number of ether oxygens (including phenoxy) is 2. The molecule has 0 saturated carbocycles. The molecule has 0 radical (unpaired) electrons. The summed E-state index contributed by atoms with van der Waals surface area (Å²) in [6.07, 6.45) is 1.78. The first kappa shape index (κ1) is 18.7. The van der Waals surface area contributed by atoms with Crippen LogP contribution < -0.4 is 0 Å². The van der Waals surface area contributed by atoms with E-state index in [-0.39, 0.29) is 0 Å². The minimum atomic E-state index is -1.06. The SMILES string of the molecule is CCCCCOC(=O)C(OC(=O)c1ccc(C)cc1)c1ccccc1. The van der Waals surface area contributed by atoms with Gasteiger partial charge in [0.15, 0.2) is 0 Å². The molecule has 0 aliphatic heterocycles. The van der Waals surface area contributed by atoms with Crippen molar-refractivity contribution in [3.05, 3.63) is 71.3 Å². The molecule has 1 unspecified atom stereocenters. The Labute approximate surface area is 148 Å². The Morgan fingerprint density at radius 3 is 2.28 bits per heavy atom. The highest BCUT2D eigenvalue weighted by Gasteiger charge is 2.27. The van der Waals surface area contributed by atoms with Crippen LogP contribution in [-0.2, 0) is 14.3 Å². The Morgan fingerprint density at radius 1 is 0.960 bits per heavy atom. The van der Waals surface area contributed by atoms with Gasteiger partial charge >= 0.3 is 11.9 Å². The molecule has 0 heterocycles. The van der Waals surface area contributed by atoms with Crippen molar-refractivity contribution in [1.29, 1.82) is 0 Å². The Kier molecular flexibility index (Phi) is 7.20.